The van der Waals surface area contributed by atoms with Crippen LogP contribution in [0.15, 0.2) is 42.5 Å². The van der Waals surface area contributed by atoms with Gasteiger partial charge in [-0.3, -0.25) is 5.32 Å². The first-order chi connectivity index (χ1) is 10.2. The lowest BCUT2D eigenvalue weighted by Crippen LogP contribution is -2.42. The van der Waals surface area contributed by atoms with Crippen LogP contribution < -0.4 is 10.1 Å². The first-order valence-corrected chi connectivity index (χ1v) is 7.45. The van der Waals surface area contributed by atoms with Gasteiger partial charge in [0.05, 0.1) is 12.7 Å². The van der Waals surface area contributed by atoms with Gasteiger partial charge < -0.3 is 4.74 Å². The van der Waals surface area contributed by atoms with Crippen LogP contribution in [0.3, 0.4) is 0 Å². The average Bonchev–Trinajstić information content (AvgIpc) is 2.53. The fourth-order valence-corrected chi connectivity index (χ4v) is 2.27. The largest absolute Gasteiger partial charge is 0.493 e. The Morgan fingerprint density at radius 1 is 1.19 bits per heavy atom. The molecule has 1 atom stereocenters. The Balaban J connectivity index is 2.00. The fourth-order valence-electron chi connectivity index (χ4n) is 2.27. The summed E-state index contributed by atoms with van der Waals surface area (Å²) in [6, 6.07) is 16.6. The predicted molar refractivity (Wildman–Crippen MR) is 86.4 cm³/mol. The summed E-state index contributed by atoms with van der Waals surface area (Å²) in [6.45, 7) is 5.39. The van der Waals surface area contributed by atoms with Crippen molar-refractivity contribution in [3.63, 3.8) is 0 Å². The van der Waals surface area contributed by atoms with Crippen LogP contribution in [0, 0.1) is 11.3 Å². The molecule has 0 radical (unpaired) electrons. The van der Waals surface area contributed by atoms with Crippen LogP contribution in [0.25, 0.3) is 10.8 Å². The highest BCUT2D eigenvalue weighted by molar-refractivity contribution is 5.88. The van der Waals surface area contributed by atoms with Crippen molar-refractivity contribution in [1.82, 2.24) is 5.32 Å². The number of rotatable bonds is 7. The maximum atomic E-state index is 9.31. The summed E-state index contributed by atoms with van der Waals surface area (Å²) >= 11 is 0. The second-order valence-electron chi connectivity index (χ2n) is 5.45. The molecular formula is C18H22N2O. The van der Waals surface area contributed by atoms with E-state index in [-0.39, 0.29) is 0 Å². The number of nitriles is 1. The number of hydrogen-bond donors (Lipinski definition) is 1. The van der Waals surface area contributed by atoms with Gasteiger partial charge in [-0.25, -0.2) is 0 Å². The summed E-state index contributed by atoms with van der Waals surface area (Å²) < 4.78 is 5.91. The van der Waals surface area contributed by atoms with Crippen molar-refractivity contribution in [1.29, 1.82) is 5.26 Å². The quantitative estimate of drug-likeness (QED) is 0.838. The minimum absolute atomic E-state index is 0.523. The molecule has 0 spiro atoms. The molecule has 0 heterocycles. The zero-order valence-electron chi connectivity index (χ0n) is 12.7. The van der Waals surface area contributed by atoms with Crippen LogP contribution in [0.4, 0.5) is 0 Å². The molecule has 1 N–H and O–H groups in total. The minimum Gasteiger partial charge on any atom is -0.493 e. The number of hydrogen-bond acceptors (Lipinski definition) is 3. The highest BCUT2D eigenvalue weighted by Crippen LogP contribution is 2.25. The van der Waals surface area contributed by atoms with E-state index >= 15 is 0 Å². The maximum absolute atomic E-state index is 9.31. The van der Waals surface area contributed by atoms with E-state index < -0.39 is 5.54 Å². The highest BCUT2D eigenvalue weighted by atomic mass is 16.5. The Kier molecular flexibility index (Phi) is 5.19. The van der Waals surface area contributed by atoms with E-state index in [1.807, 2.05) is 31.2 Å². The Labute approximate surface area is 126 Å². The molecule has 0 aliphatic carbocycles. The lowest BCUT2D eigenvalue weighted by molar-refractivity contribution is 0.270. The molecule has 110 valence electrons. The van der Waals surface area contributed by atoms with E-state index in [0.29, 0.717) is 13.0 Å². The second-order valence-corrected chi connectivity index (χ2v) is 5.45. The van der Waals surface area contributed by atoms with Gasteiger partial charge >= 0.3 is 0 Å². The molecule has 2 aromatic carbocycles. The number of ether oxygens (including phenoxy) is 1. The maximum Gasteiger partial charge on any atom is 0.127 e. The van der Waals surface area contributed by atoms with Crippen LogP contribution in [0.2, 0.25) is 0 Å². The Bertz CT molecular complexity index is 627. The van der Waals surface area contributed by atoms with Crippen molar-refractivity contribution < 1.29 is 4.74 Å². The number of nitrogens with one attached hydrogen (secondary N) is 1. The molecule has 3 heteroatoms. The van der Waals surface area contributed by atoms with Crippen LogP contribution in [-0.2, 0) is 0 Å². The molecule has 0 bridgehead atoms. The van der Waals surface area contributed by atoms with Crippen molar-refractivity contribution in [2.75, 3.05) is 13.2 Å². The topological polar surface area (TPSA) is 45.0 Å². The van der Waals surface area contributed by atoms with Crippen LogP contribution in [0.5, 0.6) is 5.75 Å². The zero-order chi connectivity index (χ0) is 15.1. The molecule has 3 nitrogen and oxygen atoms in total. The monoisotopic (exact) mass is 282 g/mol. The van der Waals surface area contributed by atoms with E-state index in [9.17, 15) is 5.26 Å². The van der Waals surface area contributed by atoms with Crippen molar-refractivity contribution in [2.24, 2.45) is 0 Å². The molecule has 0 aliphatic rings. The summed E-state index contributed by atoms with van der Waals surface area (Å²) in [5.41, 5.74) is -0.527. The molecule has 0 saturated carbocycles. The summed E-state index contributed by atoms with van der Waals surface area (Å²) in [4.78, 5) is 0. The third-order valence-electron chi connectivity index (χ3n) is 3.62. The molecule has 0 aliphatic heterocycles. The van der Waals surface area contributed by atoms with Gasteiger partial charge in [0.2, 0.25) is 0 Å². The molecule has 1 unspecified atom stereocenters. The number of benzene rings is 2. The minimum atomic E-state index is -0.527. The van der Waals surface area contributed by atoms with Crippen LogP contribution in [0.1, 0.15) is 26.7 Å². The standard InChI is InChI=1S/C18H22N2O/c1-3-12-20-18(2,14-19)11-13-21-17-10-6-8-15-7-4-5-9-16(15)17/h4-10,20H,3,11-13H2,1-2H3. The lowest BCUT2D eigenvalue weighted by atomic mass is 10.0. The highest BCUT2D eigenvalue weighted by Gasteiger charge is 2.22. The van der Waals surface area contributed by atoms with E-state index in [1.54, 1.807) is 0 Å². The van der Waals surface area contributed by atoms with E-state index in [4.69, 9.17) is 4.74 Å². The summed E-state index contributed by atoms with van der Waals surface area (Å²) in [5.74, 6) is 0.879. The number of nitrogens with zero attached hydrogens (tertiary/aromatic N) is 1. The van der Waals surface area contributed by atoms with E-state index in [0.717, 1.165) is 24.1 Å². The van der Waals surface area contributed by atoms with E-state index in [2.05, 4.69) is 36.5 Å². The fraction of sp³-hybridized carbons (Fsp3) is 0.389. The Morgan fingerprint density at radius 2 is 1.95 bits per heavy atom. The van der Waals surface area contributed by atoms with Gasteiger partial charge in [0.15, 0.2) is 0 Å². The van der Waals surface area contributed by atoms with Gasteiger partial charge in [0.25, 0.3) is 0 Å². The molecule has 2 rings (SSSR count). The summed E-state index contributed by atoms with van der Waals surface area (Å²) in [5, 5.41) is 14.9. The number of fused-ring (bicyclic) bond motifs is 1. The molecule has 0 fully saturated rings. The van der Waals surface area contributed by atoms with Gasteiger partial charge in [0, 0.05) is 11.8 Å². The smallest absolute Gasteiger partial charge is 0.127 e. The first kappa shape index (κ1) is 15.3. The molecule has 2 aromatic rings. The van der Waals surface area contributed by atoms with Crippen LogP contribution >= 0.6 is 0 Å². The SMILES string of the molecule is CCCNC(C)(C#N)CCOc1cccc2ccccc12. The third-order valence-corrected chi connectivity index (χ3v) is 3.62. The molecular weight excluding hydrogens is 260 g/mol. The second kappa shape index (κ2) is 7.10. The van der Waals surface area contributed by atoms with Gasteiger partial charge in [-0.2, -0.15) is 5.26 Å². The first-order valence-electron chi connectivity index (χ1n) is 7.45. The molecule has 21 heavy (non-hydrogen) atoms. The van der Waals surface area contributed by atoms with Crippen molar-refractivity contribution in [2.45, 2.75) is 32.2 Å². The van der Waals surface area contributed by atoms with Crippen molar-refractivity contribution >= 4 is 10.8 Å². The molecule has 0 amide bonds. The van der Waals surface area contributed by atoms with Crippen molar-refractivity contribution in [3.8, 4) is 11.8 Å². The molecule has 0 saturated heterocycles. The van der Waals surface area contributed by atoms with Crippen LogP contribution in [-0.4, -0.2) is 18.7 Å². The van der Waals surface area contributed by atoms with Crippen molar-refractivity contribution in [3.05, 3.63) is 42.5 Å². The molecule has 0 aromatic heterocycles. The van der Waals surface area contributed by atoms with E-state index in [1.165, 1.54) is 5.39 Å². The Hall–Kier alpha value is -2.05. The van der Waals surface area contributed by atoms with Gasteiger partial charge in [-0.15, -0.1) is 0 Å². The summed E-state index contributed by atoms with van der Waals surface area (Å²) in [7, 11) is 0. The average molecular weight is 282 g/mol. The van der Waals surface area contributed by atoms with Gasteiger partial charge in [-0.05, 0) is 31.3 Å². The zero-order valence-corrected chi connectivity index (χ0v) is 12.7. The Morgan fingerprint density at radius 3 is 2.71 bits per heavy atom. The third kappa shape index (κ3) is 3.96. The van der Waals surface area contributed by atoms with Gasteiger partial charge in [-0.1, -0.05) is 43.3 Å². The van der Waals surface area contributed by atoms with Gasteiger partial charge in [0.1, 0.15) is 11.3 Å². The normalized spacial score (nSPS) is 13.6. The lowest BCUT2D eigenvalue weighted by Gasteiger charge is -2.23. The summed E-state index contributed by atoms with van der Waals surface area (Å²) in [6.07, 6.45) is 1.67. The predicted octanol–water partition coefficient (Wildman–Crippen LogP) is 3.89.